The summed E-state index contributed by atoms with van der Waals surface area (Å²) in [5, 5.41) is 11.6. The SMILES string of the molecule is [2H]C([2H])([2H])N1CCN(C([2H])([2H])C(=O)N(c2ccc(N=C(c3ccccc3)c3c(O)[nH]c4cc(C(=O)OC)ccc34)cc2)C([2H])([2H])[2H])CC1. The van der Waals surface area contributed by atoms with Crippen molar-refractivity contribution in [2.45, 2.75) is 0 Å². The molecule has 1 aromatic heterocycles. The van der Waals surface area contributed by atoms with E-state index in [1.165, 1.54) is 36.3 Å². The molecule has 1 aliphatic rings. The monoisotopic (exact) mass is 547 g/mol. The molecule has 0 radical (unpaired) electrons. The minimum Gasteiger partial charge on any atom is -0.494 e. The fourth-order valence-electron chi connectivity index (χ4n) is 4.45. The first-order valence-corrected chi connectivity index (χ1v) is 12.5. The highest BCUT2D eigenvalue weighted by atomic mass is 16.5. The molecule has 206 valence electrons. The zero-order valence-electron chi connectivity index (χ0n) is 29.7. The molecule has 5 rings (SSSR count). The lowest BCUT2D eigenvalue weighted by Gasteiger charge is -2.32. The number of aromatic nitrogens is 1. The minimum absolute atomic E-state index is 0.0219. The Bertz CT molecular complexity index is 1830. The van der Waals surface area contributed by atoms with Gasteiger partial charge >= 0.3 is 5.97 Å². The van der Waals surface area contributed by atoms with Crippen LogP contribution < -0.4 is 4.90 Å². The van der Waals surface area contributed by atoms with E-state index in [4.69, 9.17) is 20.7 Å². The van der Waals surface area contributed by atoms with Gasteiger partial charge in [0.2, 0.25) is 5.91 Å². The molecular weight excluding hydrogens is 506 g/mol. The summed E-state index contributed by atoms with van der Waals surface area (Å²) >= 11 is 0. The lowest BCUT2D eigenvalue weighted by molar-refractivity contribution is -0.119. The molecule has 0 saturated carbocycles. The zero-order valence-corrected chi connectivity index (χ0v) is 21.7. The summed E-state index contributed by atoms with van der Waals surface area (Å²) in [5.74, 6) is -2.06. The molecule has 40 heavy (non-hydrogen) atoms. The zero-order chi connectivity index (χ0) is 35.0. The summed E-state index contributed by atoms with van der Waals surface area (Å²) in [6, 6.07) is 19.4. The maximum Gasteiger partial charge on any atom is 0.337 e. The van der Waals surface area contributed by atoms with E-state index in [1.807, 2.05) is 6.07 Å². The summed E-state index contributed by atoms with van der Waals surface area (Å²) in [6.07, 6.45) is 0. The van der Waals surface area contributed by atoms with Crippen LogP contribution >= 0.6 is 0 Å². The van der Waals surface area contributed by atoms with Crippen molar-refractivity contribution < 1.29 is 30.4 Å². The van der Waals surface area contributed by atoms with Gasteiger partial charge in [-0.2, -0.15) is 0 Å². The number of aromatic amines is 1. The number of anilines is 1. The molecule has 0 aliphatic carbocycles. The number of nitrogens with one attached hydrogen (secondary N) is 1. The molecule has 0 bridgehead atoms. The van der Waals surface area contributed by atoms with E-state index < -0.39 is 32.3 Å². The maximum absolute atomic E-state index is 13.6. The van der Waals surface area contributed by atoms with Crippen LogP contribution in [0.25, 0.3) is 10.9 Å². The van der Waals surface area contributed by atoms with Crippen LogP contribution in [0.5, 0.6) is 5.88 Å². The molecular formula is C31H33N5O4. The average Bonchev–Trinajstić information content (AvgIpc) is 3.37. The Morgan fingerprint density at radius 2 is 1.80 bits per heavy atom. The third-order valence-electron chi connectivity index (χ3n) is 6.57. The maximum atomic E-state index is 13.6. The molecule has 9 nitrogen and oxygen atoms in total. The molecule has 4 aromatic rings. The number of H-pyrrole nitrogens is 1. The number of hydrogen-bond acceptors (Lipinski definition) is 7. The Hall–Kier alpha value is -4.47. The summed E-state index contributed by atoms with van der Waals surface area (Å²) in [7, 11) is 1.27. The minimum atomic E-state index is -3.05. The van der Waals surface area contributed by atoms with E-state index >= 15 is 0 Å². The van der Waals surface area contributed by atoms with Crippen LogP contribution in [-0.2, 0) is 9.53 Å². The van der Waals surface area contributed by atoms with E-state index in [9.17, 15) is 14.7 Å². The molecule has 1 amide bonds. The van der Waals surface area contributed by atoms with E-state index in [0.717, 1.165) is 4.90 Å². The van der Waals surface area contributed by atoms with Crippen molar-refractivity contribution in [3.8, 4) is 5.88 Å². The van der Waals surface area contributed by atoms with E-state index in [-0.39, 0.29) is 43.3 Å². The van der Waals surface area contributed by atoms with Crippen molar-refractivity contribution in [1.82, 2.24) is 14.8 Å². The number of likely N-dealkylation sites (N-methyl/N-ethyl adjacent to an activating group) is 2. The first-order chi connectivity index (χ1) is 22.5. The van der Waals surface area contributed by atoms with E-state index in [2.05, 4.69) is 4.98 Å². The summed E-state index contributed by atoms with van der Waals surface area (Å²) in [5.41, 5.74) is 2.32. The highest BCUT2D eigenvalue weighted by molar-refractivity contribution is 6.22. The second kappa shape index (κ2) is 11.7. The van der Waals surface area contributed by atoms with Crippen molar-refractivity contribution in [2.75, 3.05) is 58.6 Å². The standard InChI is InChI=1S/C31H33N5O4/c1-34-15-17-36(18-16-34)20-27(37)35(2)24-12-10-23(11-13-24)32-29(21-7-5-4-6-8-21)28-25-14-9-22(31(39)40-3)19-26(25)33-30(28)38/h4-14,19,33,38H,15-18,20H2,1-3H3/i1D3,2D3,20D2. The van der Waals surface area contributed by atoms with Crippen molar-refractivity contribution >= 4 is 39.9 Å². The van der Waals surface area contributed by atoms with E-state index in [0.29, 0.717) is 38.3 Å². The topological polar surface area (TPSA) is 101 Å². The molecule has 0 atom stereocenters. The van der Waals surface area contributed by atoms with Gasteiger partial charge in [0.05, 0.1) is 38.9 Å². The number of aliphatic imine (C=N–C) groups is 1. The molecule has 2 N–H and O–H groups in total. The largest absolute Gasteiger partial charge is 0.494 e. The number of aromatic hydroxyl groups is 1. The van der Waals surface area contributed by atoms with Gasteiger partial charge < -0.3 is 24.6 Å². The van der Waals surface area contributed by atoms with Crippen LogP contribution in [0.2, 0.25) is 0 Å². The number of methoxy groups -OCH3 is 1. The fraction of sp³-hybridized carbons (Fsp3) is 0.258. The summed E-state index contributed by atoms with van der Waals surface area (Å²) in [4.78, 5) is 36.1. The first-order valence-electron chi connectivity index (χ1n) is 16.5. The van der Waals surface area contributed by atoms with Crippen LogP contribution in [0, 0.1) is 0 Å². The van der Waals surface area contributed by atoms with Gasteiger partial charge in [0.25, 0.3) is 0 Å². The number of amides is 1. The van der Waals surface area contributed by atoms with Crippen LogP contribution in [0.15, 0.2) is 77.8 Å². The number of carbonyl (C=O) groups excluding carboxylic acids is 2. The van der Waals surface area contributed by atoms with Crippen LogP contribution in [0.3, 0.4) is 0 Å². The van der Waals surface area contributed by atoms with Gasteiger partial charge in [0.1, 0.15) is 0 Å². The number of ether oxygens (including phenoxy) is 1. The van der Waals surface area contributed by atoms with Gasteiger partial charge in [0, 0.05) is 63.5 Å². The fourth-order valence-corrected chi connectivity index (χ4v) is 4.45. The number of benzene rings is 3. The summed E-state index contributed by atoms with van der Waals surface area (Å²) < 4.78 is 68.9. The van der Waals surface area contributed by atoms with Gasteiger partial charge in [-0.3, -0.25) is 9.69 Å². The third kappa shape index (κ3) is 5.75. The van der Waals surface area contributed by atoms with Crippen LogP contribution in [-0.4, -0.2) is 91.2 Å². The quantitative estimate of drug-likeness (QED) is 0.268. The number of nitrogens with zero attached hydrogens (tertiary/aromatic N) is 4. The van der Waals surface area contributed by atoms with Crippen LogP contribution in [0.4, 0.5) is 11.4 Å². The Morgan fingerprint density at radius 3 is 2.48 bits per heavy atom. The van der Waals surface area contributed by atoms with Gasteiger partial charge in [-0.15, -0.1) is 0 Å². The predicted octanol–water partition coefficient (Wildman–Crippen LogP) is 4.04. The molecule has 0 spiro atoms. The predicted molar refractivity (Wildman–Crippen MR) is 157 cm³/mol. The normalized spacial score (nSPS) is 18.8. The number of fused-ring (bicyclic) bond motifs is 1. The van der Waals surface area contributed by atoms with Gasteiger partial charge in [-0.05, 0) is 43.4 Å². The first kappa shape index (κ1) is 18.8. The molecule has 3 aromatic carbocycles. The third-order valence-corrected chi connectivity index (χ3v) is 6.57. The van der Waals surface area contributed by atoms with Gasteiger partial charge in [0.15, 0.2) is 5.88 Å². The number of esters is 1. The Kier molecular flexibility index (Phi) is 5.50. The molecule has 9 heteroatoms. The Balaban J connectivity index is 1.49. The number of rotatable bonds is 7. The molecule has 0 unspecified atom stereocenters. The van der Waals surface area contributed by atoms with Crippen molar-refractivity contribution in [3.63, 3.8) is 0 Å². The van der Waals surface area contributed by atoms with Gasteiger partial charge in [-0.25, -0.2) is 9.79 Å². The van der Waals surface area contributed by atoms with E-state index in [1.54, 1.807) is 42.5 Å². The van der Waals surface area contributed by atoms with Crippen LogP contribution in [0.1, 0.15) is 32.5 Å². The molecule has 1 saturated heterocycles. The molecule has 1 fully saturated rings. The summed E-state index contributed by atoms with van der Waals surface area (Å²) in [6.45, 7) is -8.38. The van der Waals surface area contributed by atoms with Crippen molar-refractivity contribution in [2.24, 2.45) is 4.99 Å². The lowest BCUT2D eigenvalue weighted by atomic mass is 10.00. The smallest absolute Gasteiger partial charge is 0.337 e. The van der Waals surface area contributed by atoms with Crippen molar-refractivity contribution in [3.05, 3.63) is 89.5 Å². The second-order valence-corrected chi connectivity index (χ2v) is 9.17. The average molecular weight is 548 g/mol. The Labute approximate surface area is 244 Å². The van der Waals surface area contributed by atoms with Gasteiger partial charge in [-0.1, -0.05) is 36.4 Å². The molecule has 2 heterocycles. The number of hydrogen-bond donors (Lipinski definition) is 2. The van der Waals surface area contributed by atoms with Crippen molar-refractivity contribution in [1.29, 1.82) is 0 Å². The second-order valence-electron chi connectivity index (χ2n) is 9.17. The lowest BCUT2D eigenvalue weighted by Crippen LogP contribution is -2.48. The molecule has 1 aliphatic heterocycles. The highest BCUT2D eigenvalue weighted by Gasteiger charge is 2.21. The Morgan fingerprint density at radius 1 is 1.05 bits per heavy atom. The highest BCUT2D eigenvalue weighted by Crippen LogP contribution is 2.32. The number of carbonyl (C=O) groups is 2. The number of piperazine rings is 1.